The van der Waals surface area contributed by atoms with Crippen molar-refractivity contribution in [1.82, 2.24) is 5.32 Å². The molecule has 1 aromatic carbocycles. The minimum atomic E-state index is -0.348. The molecule has 1 aromatic heterocycles. The van der Waals surface area contributed by atoms with E-state index in [0.29, 0.717) is 12.2 Å². The molecule has 7 heteroatoms. The van der Waals surface area contributed by atoms with Crippen LogP contribution >= 0.6 is 0 Å². The first-order chi connectivity index (χ1) is 12.0. The maximum atomic E-state index is 12.0. The first-order valence-corrected chi connectivity index (χ1v) is 8.07. The molecular weight excluding hydrogens is 322 g/mol. The Hall–Kier alpha value is -3.09. The summed E-state index contributed by atoms with van der Waals surface area (Å²) in [5, 5.41) is 5.43. The third-order valence-corrected chi connectivity index (χ3v) is 4.02. The molecule has 2 heterocycles. The second-order valence-electron chi connectivity index (χ2n) is 5.80. The van der Waals surface area contributed by atoms with Crippen LogP contribution in [0.2, 0.25) is 0 Å². The Morgan fingerprint density at radius 3 is 2.80 bits per heavy atom. The van der Waals surface area contributed by atoms with Gasteiger partial charge in [-0.1, -0.05) is 0 Å². The third kappa shape index (κ3) is 3.88. The number of fused-ring (bicyclic) bond motifs is 1. The highest BCUT2D eigenvalue weighted by atomic mass is 16.3. The molecule has 0 atom stereocenters. The van der Waals surface area contributed by atoms with E-state index in [9.17, 15) is 14.4 Å². The Kier molecular flexibility index (Phi) is 4.83. The Bertz CT molecular complexity index is 799. The van der Waals surface area contributed by atoms with E-state index in [2.05, 4.69) is 10.6 Å². The fourth-order valence-corrected chi connectivity index (χ4v) is 2.81. The lowest BCUT2D eigenvalue weighted by molar-refractivity contribution is -0.117. The summed E-state index contributed by atoms with van der Waals surface area (Å²) >= 11 is 0. The van der Waals surface area contributed by atoms with Gasteiger partial charge in [0.1, 0.15) is 0 Å². The first-order valence-electron chi connectivity index (χ1n) is 8.07. The monoisotopic (exact) mass is 341 g/mol. The van der Waals surface area contributed by atoms with Crippen molar-refractivity contribution in [3.8, 4) is 0 Å². The molecule has 0 saturated carbocycles. The van der Waals surface area contributed by atoms with Gasteiger partial charge in [-0.05, 0) is 42.3 Å². The highest BCUT2D eigenvalue weighted by molar-refractivity contribution is 5.96. The highest BCUT2D eigenvalue weighted by Crippen LogP contribution is 2.30. The smallest absolute Gasteiger partial charge is 0.286 e. The van der Waals surface area contributed by atoms with Crippen LogP contribution in [0, 0.1) is 0 Å². The van der Waals surface area contributed by atoms with Crippen LogP contribution in [-0.2, 0) is 16.0 Å². The normalized spacial score (nSPS) is 12.6. The molecule has 130 valence electrons. The molecule has 0 aliphatic carbocycles. The summed E-state index contributed by atoms with van der Waals surface area (Å²) in [7, 11) is 0. The van der Waals surface area contributed by atoms with Crippen molar-refractivity contribution in [2.75, 3.05) is 23.3 Å². The van der Waals surface area contributed by atoms with Crippen LogP contribution < -0.4 is 15.5 Å². The van der Waals surface area contributed by atoms with Crippen molar-refractivity contribution >= 4 is 29.1 Å². The second kappa shape index (κ2) is 7.21. The number of benzene rings is 1. The van der Waals surface area contributed by atoms with E-state index >= 15 is 0 Å². The minimum absolute atomic E-state index is 0.0165. The summed E-state index contributed by atoms with van der Waals surface area (Å²) in [4.78, 5) is 37.0. The van der Waals surface area contributed by atoms with Gasteiger partial charge in [-0.3, -0.25) is 14.4 Å². The molecule has 3 amide bonds. The topological polar surface area (TPSA) is 91.7 Å². The number of hydrogen-bond acceptors (Lipinski definition) is 4. The van der Waals surface area contributed by atoms with Gasteiger partial charge in [-0.15, -0.1) is 0 Å². The number of carbonyl (C=O) groups is 3. The van der Waals surface area contributed by atoms with Gasteiger partial charge in [0.2, 0.25) is 11.8 Å². The van der Waals surface area contributed by atoms with Crippen LogP contribution in [0.15, 0.2) is 41.0 Å². The first kappa shape index (κ1) is 16.8. The summed E-state index contributed by atoms with van der Waals surface area (Å²) in [5.41, 5.74) is 2.63. The van der Waals surface area contributed by atoms with Crippen molar-refractivity contribution in [1.29, 1.82) is 0 Å². The molecule has 1 aliphatic rings. The summed E-state index contributed by atoms with van der Waals surface area (Å²) < 4.78 is 4.98. The van der Waals surface area contributed by atoms with Crippen LogP contribution in [-0.4, -0.2) is 30.8 Å². The molecule has 7 nitrogen and oxygen atoms in total. The van der Waals surface area contributed by atoms with Gasteiger partial charge in [0.15, 0.2) is 5.76 Å². The molecule has 3 rings (SSSR count). The van der Waals surface area contributed by atoms with Crippen molar-refractivity contribution in [2.45, 2.75) is 19.8 Å². The Morgan fingerprint density at radius 2 is 2.08 bits per heavy atom. The molecular formula is C18H19N3O4. The lowest BCUT2D eigenvalue weighted by Crippen LogP contribution is -2.27. The number of amides is 3. The van der Waals surface area contributed by atoms with Crippen LogP contribution in [0.5, 0.6) is 0 Å². The van der Waals surface area contributed by atoms with Gasteiger partial charge in [0.05, 0.1) is 6.26 Å². The molecule has 0 fully saturated rings. The van der Waals surface area contributed by atoms with E-state index in [1.165, 1.54) is 6.26 Å². The average Bonchev–Trinajstić information content (AvgIpc) is 3.24. The fourth-order valence-electron chi connectivity index (χ4n) is 2.81. The minimum Gasteiger partial charge on any atom is -0.459 e. The zero-order valence-electron chi connectivity index (χ0n) is 13.9. The van der Waals surface area contributed by atoms with Crippen molar-refractivity contribution in [3.63, 3.8) is 0 Å². The lowest BCUT2D eigenvalue weighted by atomic mass is 10.1. The zero-order chi connectivity index (χ0) is 17.8. The van der Waals surface area contributed by atoms with Gasteiger partial charge >= 0.3 is 0 Å². The second-order valence-corrected chi connectivity index (χ2v) is 5.80. The van der Waals surface area contributed by atoms with Crippen LogP contribution in [0.25, 0.3) is 0 Å². The molecule has 1 aliphatic heterocycles. The number of rotatable bonds is 5. The molecule has 25 heavy (non-hydrogen) atoms. The van der Waals surface area contributed by atoms with Gasteiger partial charge < -0.3 is 20.0 Å². The van der Waals surface area contributed by atoms with E-state index in [4.69, 9.17) is 4.42 Å². The number of furan rings is 1. The number of hydrogen-bond donors (Lipinski definition) is 2. The van der Waals surface area contributed by atoms with Gasteiger partial charge in [0.25, 0.3) is 5.91 Å². The van der Waals surface area contributed by atoms with Gasteiger partial charge in [0, 0.05) is 37.8 Å². The molecule has 0 bridgehead atoms. The maximum absolute atomic E-state index is 12.0. The van der Waals surface area contributed by atoms with Crippen LogP contribution in [0.3, 0.4) is 0 Å². The summed E-state index contributed by atoms with van der Waals surface area (Å²) in [5.74, 6) is -0.308. The van der Waals surface area contributed by atoms with Gasteiger partial charge in [-0.25, -0.2) is 0 Å². The number of carbonyl (C=O) groups excluding carboxylic acids is 3. The predicted octanol–water partition coefficient (Wildman–Crippen LogP) is 1.95. The zero-order valence-corrected chi connectivity index (χ0v) is 13.9. The summed E-state index contributed by atoms with van der Waals surface area (Å²) in [6.07, 6.45) is 2.35. The molecule has 2 N–H and O–H groups in total. The van der Waals surface area contributed by atoms with E-state index in [0.717, 1.165) is 17.7 Å². The molecule has 0 saturated heterocycles. The van der Waals surface area contributed by atoms with E-state index in [1.807, 2.05) is 12.1 Å². The number of nitrogens with zero attached hydrogens (tertiary/aromatic N) is 1. The maximum Gasteiger partial charge on any atom is 0.286 e. The number of nitrogens with one attached hydrogen (secondary N) is 2. The van der Waals surface area contributed by atoms with Crippen molar-refractivity contribution in [3.05, 3.63) is 47.9 Å². The fraction of sp³-hybridized carbons (Fsp3) is 0.278. The van der Waals surface area contributed by atoms with Crippen molar-refractivity contribution < 1.29 is 18.8 Å². The van der Waals surface area contributed by atoms with E-state index < -0.39 is 0 Å². The Morgan fingerprint density at radius 1 is 1.24 bits per heavy atom. The van der Waals surface area contributed by atoms with Crippen LogP contribution in [0.4, 0.5) is 11.4 Å². The highest BCUT2D eigenvalue weighted by Gasteiger charge is 2.22. The van der Waals surface area contributed by atoms with Gasteiger partial charge in [-0.2, -0.15) is 0 Å². The lowest BCUT2D eigenvalue weighted by Gasteiger charge is -2.15. The standard InChI is InChI=1S/C18H19N3O4/c1-12(22)21-9-7-13-11-14(4-5-15(13)21)20-17(23)6-8-19-18(24)16-3-2-10-25-16/h2-5,10-11H,6-9H2,1H3,(H,19,24)(H,20,23). The molecule has 2 aromatic rings. The van der Waals surface area contributed by atoms with Crippen molar-refractivity contribution in [2.24, 2.45) is 0 Å². The van der Waals surface area contributed by atoms with E-state index in [-0.39, 0.29) is 36.4 Å². The third-order valence-electron chi connectivity index (χ3n) is 4.02. The predicted molar refractivity (Wildman–Crippen MR) is 92.5 cm³/mol. The SMILES string of the molecule is CC(=O)N1CCc2cc(NC(=O)CCNC(=O)c3ccco3)ccc21. The summed E-state index contributed by atoms with van der Waals surface area (Å²) in [6.45, 7) is 2.43. The molecule has 0 radical (unpaired) electrons. The Labute approximate surface area is 145 Å². The van der Waals surface area contributed by atoms with Crippen LogP contribution in [0.1, 0.15) is 29.5 Å². The number of anilines is 2. The largest absolute Gasteiger partial charge is 0.459 e. The molecule has 0 spiro atoms. The molecule has 0 unspecified atom stereocenters. The quantitative estimate of drug-likeness (QED) is 0.869. The Balaban J connectivity index is 1.50. The summed E-state index contributed by atoms with van der Waals surface area (Å²) in [6, 6.07) is 8.70. The van der Waals surface area contributed by atoms with E-state index in [1.54, 1.807) is 30.0 Å². The average molecular weight is 341 g/mol.